The molecule has 1 fully saturated rings. The molecule has 0 heterocycles. The van der Waals surface area contributed by atoms with Gasteiger partial charge in [-0.05, 0) is 48.6 Å². The largest absolute Gasteiger partial charge is 0.321 e. The molecule has 0 radical (unpaired) electrons. The van der Waals surface area contributed by atoms with Crippen LogP contribution < -0.4 is 5.32 Å². The number of hydrogen-bond acceptors (Lipinski definition) is 1. The maximum Gasteiger partial charge on any atom is 0.232 e. The average Bonchev–Trinajstić information content (AvgIpc) is 3.30. The molecule has 1 atom stereocenters. The van der Waals surface area contributed by atoms with Crippen LogP contribution in [0.15, 0.2) is 42.5 Å². The Hall–Kier alpha value is -1.94. The van der Waals surface area contributed by atoms with Crippen molar-refractivity contribution in [2.75, 3.05) is 5.32 Å². The molecular weight excluding hydrogens is 308 g/mol. The molecule has 3 rings (SSSR count). The summed E-state index contributed by atoms with van der Waals surface area (Å²) in [5.74, 6) is -2.17. The van der Waals surface area contributed by atoms with Crippen LogP contribution in [0.5, 0.6) is 0 Å². The van der Waals surface area contributed by atoms with E-state index in [1.54, 1.807) is 24.3 Å². The quantitative estimate of drug-likeness (QED) is 0.865. The minimum absolute atomic E-state index is 0.205. The third-order valence-electron chi connectivity index (χ3n) is 3.82. The molecule has 0 saturated heterocycles. The lowest BCUT2D eigenvalue weighted by Gasteiger charge is -2.17. The van der Waals surface area contributed by atoms with Crippen molar-refractivity contribution in [1.82, 2.24) is 0 Å². The number of rotatable bonds is 4. The molecule has 2 aromatic rings. The first-order valence-electron chi connectivity index (χ1n) is 7.06. The molecule has 1 N–H and O–H groups in total. The monoisotopic (exact) mass is 321 g/mol. The predicted molar refractivity (Wildman–Crippen MR) is 81.9 cm³/mol. The molecule has 1 unspecified atom stereocenters. The second kappa shape index (κ2) is 6.05. The molecular formula is C17H14ClF2NO. The summed E-state index contributed by atoms with van der Waals surface area (Å²) in [5, 5.41) is 2.97. The van der Waals surface area contributed by atoms with Gasteiger partial charge in [0.25, 0.3) is 0 Å². The smallest absolute Gasteiger partial charge is 0.232 e. The van der Waals surface area contributed by atoms with Crippen molar-refractivity contribution in [2.45, 2.75) is 18.8 Å². The van der Waals surface area contributed by atoms with Gasteiger partial charge >= 0.3 is 0 Å². The van der Waals surface area contributed by atoms with Crippen molar-refractivity contribution >= 4 is 23.2 Å². The Balaban J connectivity index is 1.86. The highest BCUT2D eigenvalue weighted by atomic mass is 35.5. The van der Waals surface area contributed by atoms with Crippen LogP contribution in [0.1, 0.15) is 24.3 Å². The van der Waals surface area contributed by atoms with E-state index in [0.717, 1.165) is 30.5 Å². The van der Waals surface area contributed by atoms with Gasteiger partial charge in [-0.15, -0.1) is 0 Å². The Morgan fingerprint density at radius 2 is 1.68 bits per heavy atom. The minimum Gasteiger partial charge on any atom is -0.321 e. The summed E-state index contributed by atoms with van der Waals surface area (Å²) in [4.78, 5) is 12.5. The van der Waals surface area contributed by atoms with Crippen LogP contribution in [0.2, 0.25) is 5.02 Å². The van der Waals surface area contributed by atoms with Gasteiger partial charge in [-0.3, -0.25) is 4.79 Å². The van der Waals surface area contributed by atoms with Crippen molar-refractivity contribution in [1.29, 1.82) is 0 Å². The van der Waals surface area contributed by atoms with E-state index in [1.807, 2.05) is 0 Å². The lowest BCUT2D eigenvalue weighted by Crippen LogP contribution is -2.24. The molecule has 1 saturated carbocycles. The normalized spacial score (nSPS) is 15.4. The highest BCUT2D eigenvalue weighted by molar-refractivity contribution is 6.30. The Morgan fingerprint density at radius 3 is 2.23 bits per heavy atom. The molecule has 1 amide bonds. The number of amides is 1. The molecule has 2 aromatic carbocycles. The van der Waals surface area contributed by atoms with E-state index in [0.29, 0.717) is 5.02 Å². The van der Waals surface area contributed by atoms with E-state index in [-0.39, 0.29) is 5.92 Å². The van der Waals surface area contributed by atoms with E-state index in [1.165, 1.54) is 6.07 Å². The third-order valence-corrected chi connectivity index (χ3v) is 4.07. The molecule has 0 spiro atoms. The summed E-state index contributed by atoms with van der Waals surface area (Å²) < 4.78 is 27.3. The summed E-state index contributed by atoms with van der Waals surface area (Å²) in [6.07, 6.45) is 1.86. The van der Waals surface area contributed by atoms with Crippen LogP contribution in [-0.4, -0.2) is 5.91 Å². The average molecular weight is 322 g/mol. The van der Waals surface area contributed by atoms with Gasteiger partial charge in [0.05, 0.1) is 5.92 Å². The zero-order chi connectivity index (χ0) is 15.7. The van der Waals surface area contributed by atoms with Crippen molar-refractivity contribution in [3.05, 3.63) is 64.7 Å². The van der Waals surface area contributed by atoms with E-state index in [9.17, 15) is 13.6 Å². The number of hydrogen-bond donors (Lipinski definition) is 1. The number of benzene rings is 2. The van der Waals surface area contributed by atoms with E-state index >= 15 is 0 Å². The number of carbonyl (C=O) groups excluding carboxylic acids is 1. The van der Waals surface area contributed by atoms with E-state index in [4.69, 9.17) is 11.6 Å². The Morgan fingerprint density at radius 1 is 1.09 bits per heavy atom. The molecule has 0 aliphatic heterocycles. The number of carbonyl (C=O) groups is 1. The van der Waals surface area contributed by atoms with Gasteiger partial charge in [0, 0.05) is 5.02 Å². The molecule has 2 nitrogen and oxygen atoms in total. The van der Waals surface area contributed by atoms with Gasteiger partial charge in [-0.25, -0.2) is 8.78 Å². The van der Waals surface area contributed by atoms with Crippen LogP contribution in [0.25, 0.3) is 0 Å². The van der Waals surface area contributed by atoms with Crippen LogP contribution in [0, 0.1) is 17.6 Å². The van der Waals surface area contributed by atoms with Crippen LogP contribution in [0.4, 0.5) is 14.5 Å². The highest BCUT2D eigenvalue weighted by Gasteiger charge is 2.37. The van der Waals surface area contributed by atoms with Gasteiger partial charge in [-0.2, -0.15) is 0 Å². The number of para-hydroxylation sites is 1. The number of halogens is 3. The van der Waals surface area contributed by atoms with Gasteiger partial charge in [0.15, 0.2) is 0 Å². The third kappa shape index (κ3) is 3.12. The lowest BCUT2D eigenvalue weighted by molar-refractivity contribution is -0.118. The topological polar surface area (TPSA) is 29.1 Å². The summed E-state index contributed by atoms with van der Waals surface area (Å²) in [6, 6.07) is 10.5. The SMILES string of the molecule is O=C(Nc1c(F)cccc1F)C(c1ccc(Cl)cc1)C1CC1. The van der Waals surface area contributed by atoms with E-state index in [2.05, 4.69) is 5.32 Å². The predicted octanol–water partition coefficient (Wildman–Crippen LogP) is 4.75. The van der Waals surface area contributed by atoms with Gasteiger partial charge in [-0.1, -0.05) is 29.8 Å². The van der Waals surface area contributed by atoms with Crippen molar-refractivity contribution < 1.29 is 13.6 Å². The number of anilines is 1. The van der Waals surface area contributed by atoms with Crippen molar-refractivity contribution in [3.63, 3.8) is 0 Å². The van der Waals surface area contributed by atoms with E-state index < -0.39 is 29.1 Å². The fraction of sp³-hybridized carbons (Fsp3) is 0.235. The molecule has 0 bridgehead atoms. The Labute approximate surface area is 132 Å². The molecule has 114 valence electrons. The highest BCUT2D eigenvalue weighted by Crippen LogP contribution is 2.43. The Bertz CT molecular complexity index is 678. The Kier molecular flexibility index (Phi) is 4.12. The van der Waals surface area contributed by atoms with Gasteiger partial charge in [0.2, 0.25) is 5.91 Å². The first-order chi connectivity index (χ1) is 10.6. The zero-order valence-electron chi connectivity index (χ0n) is 11.7. The number of nitrogens with one attached hydrogen (secondary N) is 1. The van der Waals surface area contributed by atoms with Crippen LogP contribution in [0.3, 0.4) is 0 Å². The fourth-order valence-corrected chi connectivity index (χ4v) is 2.68. The minimum atomic E-state index is -0.779. The van der Waals surface area contributed by atoms with Crippen LogP contribution in [-0.2, 0) is 4.79 Å². The van der Waals surface area contributed by atoms with Gasteiger partial charge < -0.3 is 5.32 Å². The second-order valence-corrected chi connectivity index (χ2v) is 5.89. The maximum absolute atomic E-state index is 13.7. The summed E-state index contributed by atoms with van der Waals surface area (Å²) >= 11 is 5.86. The molecule has 5 heteroatoms. The molecule has 22 heavy (non-hydrogen) atoms. The van der Waals surface area contributed by atoms with Crippen molar-refractivity contribution in [3.8, 4) is 0 Å². The standard InChI is InChI=1S/C17H14ClF2NO/c18-12-8-6-11(7-9-12)15(10-4-5-10)17(22)21-16-13(19)2-1-3-14(16)20/h1-3,6-10,15H,4-5H2,(H,21,22). The van der Waals surface area contributed by atoms with Crippen LogP contribution >= 0.6 is 11.6 Å². The van der Waals surface area contributed by atoms with Crippen molar-refractivity contribution in [2.24, 2.45) is 5.92 Å². The zero-order valence-corrected chi connectivity index (χ0v) is 12.4. The molecule has 1 aliphatic carbocycles. The summed E-state index contributed by atoms with van der Waals surface area (Å²) in [7, 11) is 0. The lowest BCUT2D eigenvalue weighted by atomic mass is 9.93. The molecule has 1 aliphatic rings. The second-order valence-electron chi connectivity index (χ2n) is 5.45. The first-order valence-corrected chi connectivity index (χ1v) is 7.44. The first kappa shape index (κ1) is 15.0. The maximum atomic E-state index is 13.7. The fourth-order valence-electron chi connectivity index (χ4n) is 2.56. The van der Waals surface area contributed by atoms with Gasteiger partial charge in [0.1, 0.15) is 17.3 Å². The molecule has 0 aromatic heterocycles. The summed E-state index contributed by atoms with van der Waals surface area (Å²) in [6.45, 7) is 0. The summed E-state index contributed by atoms with van der Waals surface area (Å²) in [5.41, 5.74) is 0.410.